The van der Waals surface area contributed by atoms with Gasteiger partial charge < -0.3 is 0 Å². The van der Waals surface area contributed by atoms with E-state index in [0.29, 0.717) is 29.3 Å². The molecule has 3 fully saturated rings. The lowest BCUT2D eigenvalue weighted by molar-refractivity contribution is 0.223. The summed E-state index contributed by atoms with van der Waals surface area (Å²) in [5, 5.41) is 13.3. The molecule has 7 nitrogen and oxygen atoms in total. The van der Waals surface area contributed by atoms with Crippen molar-refractivity contribution < 1.29 is 8.42 Å². The Labute approximate surface area is 189 Å². The molecule has 32 heavy (non-hydrogen) atoms. The molecule has 3 aliphatic rings. The molecule has 1 aliphatic carbocycles. The summed E-state index contributed by atoms with van der Waals surface area (Å²) >= 11 is 0. The highest BCUT2D eigenvalue weighted by molar-refractivity contribution is 7.91. The molecule has 8 heteroatoms. The number of aromatic amines is 1. The Bertz CT molecular complexity index is 1260. The molecule has 1 saturated carbocycles. The van der Waals surface area contributed by atoms with Gasteiger partial charge in [0.2, 0.25) is 0 Å². The number of likely N-dealkylation sites (tertiary alicyclic amines) is 1. The largest absolute Gasteiger partial charge is 0.299 e. The maximum atomic E-state index is 12.1. The zero-order chi connectivity index (χ0) is 22.0. The van der Waals surface area contributed by atoms with Gasteiger partial charge >= 0.3 is 0 Å². The lowest BCUT2D eigenvalue weighted by Gasteiger charge is -2.31. The van der Waals surface area contributed by atoms with E-state index < -0.39 is 9.84 Å². The van der Waals surface area contributed by atoms with E-state index in [-0.39, 0.29) is 6.04 Å². The van der Waals surface area contributed by atoms with Crippen molar-refractivity contribution in [1.82, 2.24) is 24.9 Å². The lowest BCUT2D eigenvalue weighted by atomic mass is 9.90. The average molecular weight is 454 g/mol. The molecule has 1 unspecified atom stereocenters. The number of nitrogens with zero attached hydrogens (tertiary/aromatic N) is 4. The number of hydrogen-bond acceptors (Lipinski definition) is 5. The highest BCUT2D eigenvalue weighted by Gasteiger charge is 2.44. The molecular weight excluding hydrogens is 422 g/mol. The van der Waals surface area contributed by atoms with Crippen molar-refractivity contribution >= 4 is 20.7 Å². The van der Waals surface area contributed by atoms with Crippen molar-refractivity contribution in [3.05, 3.63) is 35.7 Å². The van der Waals surface area contributed by atoms with Gasteiger partial charge in [-0.05, 0) is 73.6 Å². The molecule has 2 aromatic heterocycles. The van der Waals surface area contributed by atoms with Crippen molar-refractivity contribution in [1.29, 1.82) is 0 Å². The van der Waals surface area contributed by atoms with Gasteiger partial charge in [-0.15, -0.1) is 0 Å². The highest BCUT2D eigenvalue weighted by atomic mass is 32.2. The van der Waals surface area contributed by atoms with Crippen molar-refractivity contribution in [2.24, 2.45) is 18.9 Å². The minimum Gasteiger partial charge on any atom is -0.299 e. The first-order valence-electron chi connectivity index (χ1n) is 11.8. The number of aryl methyl sites for hydroxylation is 2. The van der Waals surface area contributed by atoms with E-state index in [2.05, 4.69) is 39.3 Å². The number of benzene rings is 1. The Morgan fingerprint density at radius 2 is 1.94 bits per heavy atom. The standard InChI is InChI=1S/C24H31N5O2S/c1-15-6-23-22(24(27-26-23)19-10-25-28(2)11-19)9-21(15)16-7-17-12-29(13-18(17)8-16)20-4-3-5-32(30,31)14-20/h6,9-11,16-18,20H,3-5,7-8,12-14H2,1-2H3,(H,26,27)/t16?,17-,18+,20-/m0/s1. The lowest BCUT2D eigenvalue weighted by Crippen LogP contribution is -2.42. The van der Waals surface area contributed by atoms with Gasteiger partial charge in [0.25, 0.3) is 0 Å². The SMILES string of the molecule is Cc1cc2[nH]nc(-c3cnn(C)c3)c2cc1C1C[C@@H]2CN([C@H]3CCCS(=O)(=O)C3)C[C@@H]2C1. The summed E-state index contributed by atoms with van der Waals surface area (Å²) in [7, 11) is -0.922. The van der Waals surface area contributed by atoms with Gasteiger partial charge in [-0.1, -0.05) is 0 Å². The summed E-state index contributed by atoms with van der Waals surface area (Å²) in [6.45, 7) is 4.34. The third-order valence-electron chi connectivity index (χ3n) is 8.10. The predicted molar refractivity (Wildman–Crippen MR) is 125 cm³/mol. The van der Waals surface area contributed by atoms with Gasteiger partial charge in [-0.25, -0.2) is 8.42 Å². The second kappa shape index (κ2) is 7.42. The molecule has 170 valence electrons. The molecule has 6 rings (SSSR count). The van der Waals surface area contributed by atoms with Crippen molar-refractivity contribution in [2.75, 3.05) is 24.6 Å². The fourth-order valence-corrected chi connectivity index (χ4v) is 8.30. The molecule has 2 aliphatic heterocycles. The average Bonchev–Trinajstić information content (AvgIpc) is 3.48. The summed E-state index contributed by atoms with van der Waals surface area (Å²) in [4.78, 5) is 2.49. The van der Waals surface area contributed by atoms with Gasteiger partial charge in [-0.3, -0.25) is 14.7 Å². The Balaban J connectivity index is 1.22. The van der Waals surface area contributed by atoms with Crippen LogP contribution in [0.3, 0.4) is 0 Å². The number of aromatic nitrogens is 4. The molecule has 4 heterocycles. The van der Waals surface area contributed by atoms with Crippen LogP contribution < -0.4 is 0 Å². The first-order chi connectivity index (χ1) is 15.4. The van der Waals surface area contributed by atoms with E-state index in [1.807, 2.05) is 24.1 Å². The second-order valence-electron chi connectivity index (χ2n) is 10.3. The predicted octanol–water partition coefficient (Wildman–Crippen LogP) is 3.27. The van der Waals surface area contributed by atoms with Crippen molar-refractivity contribution in [3.63, 3.8) is 0 Å². The molecule has 0 amide bonds. The van der Waals surface area contributed by atoms with Crippen LogP contribution in [0.4, 0.5) is 0 Å². The highest BCUT2D eigenvalue weighted by Crippen LogP contribution is 2.48. The number of nitrogens with one attached hydrogen (secondary N) is 1. The van der Waals surface area contributed by atoms with Crippen LogP contribution in [-0.2, 0) is 16.9 Å². The van der Waals surface area contributed by atoms with E-state index in [4.69, 9.17) is 0 Å². The summed E-state index contributed by atoms with van der Waals surface area (Å²) < 4.78 is 26.0. The first kappa shape index (κ1) is 20.4. The zero-order valence-corrected chi connectivity index (χ0v) is 19.6. The Morgan fingerprint density at radius 1 is 1.16 bits per heavy atom. The van der Waals surface area contributed by atoms with Crippen LogP contribution in [0.5, 0.6) is 0 Å². The van der Waals surface area contributed by atoms with Gasteiger partial charge in [0, 0.05) is 43.3 Å². The molecule has 0 spiro atoms. The molecule has 2 saturated heterocycles. The third-order valence-corrected chi connectivity index (χ3v) is 9.91. The number of sulfone groups is 1. The Kier molecular flexibility index (Phi) is 4.73. The molecule has 3 aromatic rings. The smallest absolute Gasteiger partial charge is 0.151 e. The van der Waals surface area contributed by atoms with E-state index >= 15 is 0 Å². The number of H-pyrrole nitrogens is 1. The molecule has 4 atom stereocenters. The quantitative estimate of drug-likeness (QED) is 0.658. The molecule has 0 radical (unpaired) electrons. The van der Waals surface area contributed by atoms with Crippen LogP contribution in [-0.4, -0.2) is 63.9 Å². The van der Waals surface area contributed by atoms with Gasteiger partial charge in [-0.2, -0.15) is 10.2 Å². The maximum absolute atomic E-state index is 12.1. The fourth-order valence-electron chi connectivity index (χ4n) is 6.57. The Morgan fingerprint density at radius 3 is 2.62 bits per heavy atom. The zero-order valence-electron chi connectivity index (χ0n) is 18.8. The summed E-state index contributed by atoms with van der Waals surface area (Å²) in [6.07, 6.45) is 8.14. The molecule has 0 bridgehead atoms. The van der Waals surface area contributed by atoms with E-state index in [1.54, 1.807) is 0 Å². The van der Waals surface area contributed by atoms with Crippen LogP contribution in [0.1, 0.15) is 42.7 Å². The number of fused-ring (bicyclic) bond motifs is 2. The van der Waals surface area contributed by atoms with Crippen LogP contribution in [0.15, 0.2) is 24.5 Å². The third kappa shape index (κ3) is 3.48. The van der Waals surface area contributed by atoms with Crippen LogP contribution >= 0.6 is 0 Å². The molecule has 1 N–H and O–H groups in total. The fraction of sp³-hybridized carbons (Fsp3) is 0.583. The van der Waals surface area contributed by atoms with E-state index in [1.165, 1.54) is 29.4 Å². The van der Waals surface area contributed by atoms with Crippen LogP contribution in [0, 0.1) is 18.8 Å². The summed E-state index contributed by atoms with van der Waals surface area (Å²) in [5.41, 5.74) is 5.87. The van der Waals surface area contributed by atoms with Crippen molar-refractivity contribution in [2.45, 2.75) is 44.6 Å². The van der Waals surface area contributed by atoms with E-state index in [9.17, 15) is 8.42 Å². The minimum atomic E-state index is -2.85. The first-order valence-corrected chi connectivity index (χ1v) is 13.6. The molecular formula is C24H31N5O2S. The van der Waals surface area contributed by atoms with Crippen molar-refractivity contribution in [3.8, 4) is 11.3 Å². The van der Waals surface area contributed by atoms with E-state index in [0.717, 1.165) is 42.7 Å². The monoisotopic (exact) mass is 453 g/mol. The Hall–Kier alpha value is -2.19. The van der Waals surface area contributed by atoms with Gasteiger partial charge in [0.05, 0.1) is 23.2 Å². The van der Waals surface area contributed by atoms with Crippen LogP contribution in [0.25, 0.3) is 22.2 Å². The van der Waals surface area contributed by atoms with Crippen LogP contribution in [0.2, 0.25) is 0 Å². The van der Waals surface area contributed by atoms with Gasteiger partial charge in [0.1, 0.15) is 5.69 Å². The normalized spacial score (nSPS) is 30.2. The number of hydrogen-bond donors (Lipinski definition) is 1. The number of rotatable bonds is 3. The minimum absolute atomic E-state index is 0.240. The maximum Gasteiger partial charge on any atom is 0.151 e. The summed E-state index contributed by atoms with van der Waals surface area (Å²) in [6, 6.07) is 4.84. The summed E-state index contributed by atoms with van der Waals surface area (Å²) in [5.74, 6) is 2.68. The second-order valence-corrected chi connectivity index (χ2v) is 12.5. The topological polar surface area (TPSA) is 83.9 Å². The molecule has 1 aromatic carbocycles. The van der Waals surface area contributed by atoms with Gasteiger partial charge in [0.15, 0.2) is 9.84 Å².